The number of aliphatic hydroxyl groups is 1. The van der Waals surface area contributed by atoms with Gasteiger partial charge in [0, 0.05) is 17.4 Å². The summed E-state index contributed by atoms with van der Waals surface area (Å²) in [6.07, 6.45) is 3.32. The third kappa shape index (κ3) is 1.50. The Morgan fingerprint density at radius 2 is 2.22 bits per heavy atom. The van der Waals surface area contributed by atoms with Gasteiger partial charge in [-0.1, -0.05) is 25.2 Å². The van der Waals surface area contributed by atoms with Crippen LogP contribution >= 0.6 is 0 Å². The molecule has 0 aromatic heterocycles. The molecule has 3 aliphatic rings. The lowest BCUT2D eigenvalue weighted by atomic mass is 9.60. The minimum atomic E-state index is -0.304. The second-order valence-corrected chi connectivity index (χ2v) is 6.07. The summed E-state index contributed by atoms with van der Waals surface area (Å²) < 4.78 is 5.52. The number of fused-ring (bicyclic) bond motifs is 3. The van der Waals surface area contributed by atoms with Crippen LogP contribution in [0.5, 0.6) is 0 Å². The van der Waals surface area contributed by atoms with Crippen molar-refractivity contribution in [1.82, 2.24) is 0 Å². The first-order valence-electron chi connectivity index (χ1n) is 6.75. The third-order valence-corrected chi connectivity index (χ3v) is 5.05. The van der Waals surface area contributed by atoms with E-state index in [1.807, 2.05) is 0 Å². The number of hydrogen-bond donors (Lipinski definition) is 1. The Bertz CT molecular complexity index is 437. The number of esters is 1. The number of rotatable bonds is 0. The fourth-order valence-corrected chi connectivity index (χ4v) is 4.14. The Hall–Kier alpha value is -1.09. The van der Waals surface area contributed by atoms with Crippen molar-refractivity contribution in [2.24, 2.45) is 23.7 Å². The average Bonchev–Trinajstić information content (AvgIpc) is 2.60. The van der Waals surface area contributed by atoms with Crippen LogP contribution in [0.25, 0.3) is 0 Å². The zero-order chi connectivity index (χ0) is 13.0. The quantitative estimate of drug-likeness (QED) is 0.405. The molecule has 0 spiro atoms. The van der Waals surface area contributed by atoms with Crippen molar-refractivity contribution in [1.29, 1.82) is 0 Å². The predicted octanol–water partition coefficient (Wildman–Crippen LogP) is 2.07. The second kappa shape index (κ2) is 3.95. The Balaban J connectivity index is 2.01. The molecule has 1 unspecified atom stereocenters. The molecular weight excluding hydrogens is 228 g/mol. The number of aliphatic hydroxyl groups excluding tert-OH is 1. The Morgan fingerprint density at radius 3 is 2.94 bits per heavy atom. The van der Waals surface area contributed by atoms with Gasteiger partial charge in [-0.15, -0.1) is 0 Å². The monoisotopic (exact) mass is 248 g/mol. The van der Waals surface area contributed by atoms with Crippen molar-refractivity contribution in [3.8, 4) is 0 Å². The number of hydrogen-bond acceptors (Lipinski definition) is 3. The lowest BCUT2D eigenvalue weighted by Gasteiger charge is -2.47. The van der Waals surface area contributed by atoms with Gasteiger partial charge in [0.05, 0.1) is 6.10 Å². The largest absolute Gasteiger partial charge is 0.458 e. The first-order chi connectivity index (χ1) is 8.50. The highest BCUT2D eigenvalue weighted by Crippen LogP contribution is 2.51. The van der Waals surface area contributed by atoms with Gasteiger partial charge in [0.2, 0.25) is 0 Å². The molecule has 3 heteroatoms. The molecule has 1 saturated heterocycles. The van der Waals surface area contributed by atoms with E-state index in [4.69, 9.17) is 4.74 Å². The lowest BCUT2D eigenvalue weighted by molar-refractivity contribution is -0.145. The Kier molecular flexibility index (Phi) is 2.63. The highest BCUT2D eigenvalue weighted by molar-refractivity contribution is 5.91. The Morgan fingerprint density at radius 1 is 1.50 bits per heavy atom. The van der Waals surface area contributed by atoms with E-state index in [1.54, 1.807) is 0 Å². The molecule has 0 bridgehead atoms. The van der Waals surface area contributed by atoms with Gasteiger partial charge in [-0.3, -0.25) is 0 Å². The first kappa shape index (κ1) is 12.0. The summed E-state index contributed by atoms with van der Waals surface area (Å²) in [6, 6.07) is 0. The van der Waals surface area contributed by atoms with Gasteiger partial charge in [-0.05, 0) is 31.6 Å². The number of carbonyl (C=O) groups is 1. The van der Waals surface area contributed by atoms with Gasteiger partial charge in [0.1, 0.15) is 6.10 Å². The number of ether oxygens (including phenoxy) is 1. The SMILES string of the molecule is C=C1C(=O)O[C@@H]2[C@@H]1C[C@@H](C)C1[C@H]2C(C)=CC[C@@H]1O. The Labute approximate surface area is 108 Å². The van der Waals surface area contributed by atoms with E-state index < -0.39 is 0 Å². The van der Waals surface area contributed by atoms with Gasteiger partial charge in [-0.2, -0.15) is 0 Å². The smallest absolute Gasteiger partial charge is 0.334 e. The van der Waals surface area contributed by atoms with Crippen LogP contribution in [-0.2, 0) is 9.53 Å². The normalized spacial score (nSPS) is 47.2. The summed E-state index contributed by atoms with van der Waals surface area (Å²) in [6.45, 7) is 8.14. The zero-order valence-electron chi connectivity index (χ0n) is 10.9. The molecule has 98 valence electrons. The summed E-state index contributed by atoms with van der Waals surface area (Å²) >= 11 is 0. The zero-order valence-corrected chi connectivity index (χ0v) is 10.9. The van der Waals surface area contributed by atoms with Gasteiger partial charge in [0.15, 0.2) is 0 Å². The van der Waals surface area contributed by atoms with Crippen molar-refractivity contribution in [3.05, 3.63) is 23.8 Å². The second-order valence-electron chi connectivity index (χ2n) is 6.07. The molecule has 3 rings (SSSR count). The maximum absolute atomic E-state index is 11.7. The fourth-order valence-electron chi connectivity index (χ4n) is 4.14. The van der Waals surface area contributed by atoms with Crippen LogP contribution in [0.15, 0.2) is 23.8 Å². The summed E-state index contributed by atoms with van der Waals surface area (Å²) in [5, 5.41) is 10.2. The van der Waals surface area contributed by atoms with E-state index in [1.165, 1.54) is 5.57 Å². The van der Waals surface area contributed by atoms with Crippen molar-refractivity contribution in [2.45, 2.75) is 38.9 Å². The van der Waals surface area contributed by atoms with Crippen LogP contribution in [0.4, 0.5) is 0 Å². The predicted molar refractivity (Wildman–Crippen MR) is 67.7 cm³/mol. The minimum Gasteiger partial charge on any atom is -0.458 e. The molecule has 3 nitrogen and oxygen atoms in total. The molecule has 2 fully saturated rings. The van der Waals surface area contributed by atoms with Crippen LogP contribution in [0.2, 0.25) is 0 Å². The molecule has 0 aromatic carbocycles. The van der Waals surface area contributed by atoms with Crippen LogP contribution in [0, 0.1) is 23.7 Å². The maximum atomic E-state index is 11.7. The molecule has 6 atom stereocenters. The van der Waals surface area contributed by atoms with Crippen molar-refractivity contribution in [3.63, 3.8) is 0 Å². The van der Waals surface area contributed by atoms with Gasteiger partial charge >= 0.3 is 5.97 Å². The van der Waals surface area contributed by atoms with E-state index in [0.717, 1.165) is 12.8 Å². The van der Waals surface area contributed by atoms with E-state index in [0.29, 0.717) is 11.5 Å². The number of carbonyl (C=O) groups excluding carboxylic acids is 1. The van der Waals surface area contributed by atoms with Gasteiger partial charge in [-0.25, -0.2) is 4.79 Å². The van der Waals surface area contributed by atoms with Crippen LogP contribution < -0.4 is 0 Å². The van der Waals surface area contributed by atoms with E-state index in [9.17, 15) is 9.90 Å². The van der Waals surface area contributed by atoms with E-state index in [-0.39, 0.29) is 35.9 Å². The fraction of sp³-hybridized carbons (Fsp3) is 0.667. The maximum Gasteiger partial charge on any atom is 0.334 e. The summed E-state index contributed by atoms with van der Waals surface area (Å²) in [5.41, 5.74) is 1.88. The molecule has 18 heavy (non-hydrogen) atoms. The highest BCUT2D eigenvalue weighted by atomic mass is 16.6. The standard InChI is InChI=1S/C15H20O3/c1-7-4-5-11(16)12-8(2)6-10-9(3)15(17)18-14(10)13(7)12/h4,8,10-14,16H,3,5-6H2,1-2H3/t8-,10-,11+,12?,13-,14-/m1/s1. The van der Waals surface area contributed by atoms with Crippen LogP contribution in [0.3, 0.4) is 0 Å². The summed E-state index contributed by atoms with van der Waals surface area (Å²) in [7, 11) is 0. The average molecular weight is 248 g/mol. The van der Waals surface area contributed by atoms with Crippen molar-refractivity contribution in [2.75, 3.05) is 0 Å². The topological polar surface area (TPSA) is 46.5 Å². The molecule has 1 heterocycles. The van der Waals surface area contributed by atoms with Crippen LogP contribution in [0.1, 0.15) is 26.7 Å². The van der Waals surface area contributed by atoms with Crippen LogP contribution in [-0.4, -0.2) is 23.3 Å². The molecule has 0 aromatic rings. The molecule has 1 N–H and O–H groups in total. The first-order valence-corrected chi connectivity index (χ1v) is 6.75. The molecule has 0 amide bonds. The summed E-state index contributed by atoms with van der Waals surface area (Å²) in [5.74, 6) is 0.690. The van der Waals surface area contributed by atoms with E-state index in [2.05, 4.69) is 26.5 Å². The molecular formula is C15H20O3. The van der Waals surface area contributed by atoms with Gasteiger partial charge in [0.25, 0.3) is 0 Å². The molecule has 1 aliphatic heterocycles. The third-order valence-electron chi connectivity index (χ3n) is 5.05. The van der Waals surface area contributed by atoms with Crippen molar-refractivity contribution >= 4 is 5.97 Å². The summed E-state index contributed by atoms with van der Waals surface area (Å²) in [4.78, 5) is 11.7. The minimum absolute atomic E-state index is 0.0996. The molecule has 0 radical (unpaired) electrons. The molecule has 2 aliphatic carbocycles. The lowest BCUT2D eigenvalue weighted by Crippen LogP contribution is -2.48. The molecule has 1 saturated carbocycles. The van der Waals surface area contributed by atoms with Crippen molar-refractivity contribution < 1.29 is 14.6 Å². The highest BCUT2D eigenvalue weighted by Gasteiger charge is 2.54. The van der Waals surface area contributed by atoms with E-state index >= 15 is 0 Å². The van der Waals surface area contributed by atoms with Gasteiger partial charge < -0.3 is 9.84 Å².